The Morgan fingerprint density at radius 3 is 2.93 bits per heavy atom. The molecule has 84 valence electrons. The zero-order valence-electron chi connectivity index (χ0n) is 8.06. The number of aliphatic hydroxyl groups excluding tert-OH is 2. The number of nitrogens with zero attached hydrogens (tertiary/aromatic N) is 3. The molecule has 0 radical (unpaired) electrons. The van der Waals surface area contributed by atoms with E-state index < -0.39 is 24.5 Å². The molecular formula is C8H13N3O4. The Morgan fingerprint density at radius 1 is 1.60 bits per heavy atom. The summed E-state index contributed by atoms with van der Waals surface area (Å²) < 4.78 is 10.1. The van der Waals surface area contributed by atoms with Gasteiger partial charge in [0, 0.05) is 4.91 Å². The first-order chi connectivity index (χ1) is 7.20. The van der Waals surface area contributed by atoms with E-state index in [0.717, 1.165) is 0 Å². The monoisotopic (exact) mass is 215 g/mol. The molecule has 0 saturated carbocycles. The highest BCUT2D eigenvalue weighted by Gasteiger charge is 2.38. The van der Waals surface area contributed by atoms with E-state index in [1.807, 2.05) is 0 Å². The first-order valence-corrected chi connectivity index (χ1v) is 4.45. The van der Waals surface area contributed by atoms with Gasteiger partial charge in [-0.05, 0) is 5.53 Å². The van der Waals surface area contributed by atoms with Crippen molar-refractivity contribution in [2.45, 2.75) is 24.5 Å². The third-order valence-electron chi connectivity index (χ3n) is 2.03. The molecule has 2 N–H and O–H groups in total. The Hall–Kier alpha value is -1.11. The predicted molar refractivity (Wildman–Crippen MR) is 50.8 cm³/mol. The van der Waals surface area contributed by atoms with Gasteiger partial charge in [0.05, 0.1) is 25.4 Å². The van der Waals surface area contributed by atoms with Crippen LogP contribution in [0.5, 0.6) is 0 Å². The molecule has 1 heterocycles. The third kappa shape index (κ3) is 2.92. The van der Waals surface area contributed by atoms with Crippen LogP contribution in [0.15, 0.2) is 17.8 Å². The summed E-state index contributed by atoms with van der Waals surface area (Å²) >= 11 is 0. The number of rotatable bonds is 4. The third-order valence-corrected chi connectivity index (χ3v) is 2.03. The number of aliphatic hydroxyl groups is 2. The van der Waals surface area contributed by atoms with Crippen LogP contribution in [0.25, 0.3) is 10.4 Å². The van der Waals surface area contributed by atoms with Gasteiger partial charge in [-0.2, -0.15) is 0 Å². The van der Waals surface area contributed by atoms with Gasteiger partial charge in [-0.15, -0.1) is 6.58 Å². The van der Waals surface area contributed by atoms with E-state index in [0.29, 0.717) is 0 Å². The fourth-order valence-corrected chi connectivity index (χ4v) is 1.26. The molecule has 1 saturated heterocycles. The van der Waals surface area contributed by atoms with Crippen molar-refractivity contribution in [3.8, 4) is 0 Å². The molecule has 0 amide bonds. The lowest BCUT2D eigenvalue weighted by molar-refractivity contribution is -0.243. The van der Waals surface area contributed by atoms with E-state index >= 15 is 0 Å². The van der Waals surface area contributed by atoms with Gasteiger partial charge in [0.25, 0.3) is 0 Å². The van der Waals surface area contributed by atoms with Crippen molar-refractivity contribution in [2.24, 2.45) is 5.11 Å². The quantitative estimate of drug-likeness (QED) is 0.296. The molecule has 1 aliphatic heterocycles. The van der Waals surface area contributed by atoms with Crippen molar-refractivity contribution in [3.05, 3.63) is 23.1 Å². The second-order valence-electron chi connectivity index (χ2n) is 3.08. The minimum atomic E-state index is -1.23. The molecule has 0 bridgehead atoms. The second kappa shape index (κ2) is 5.69. The second-order valence-corrected chi connectivity index (χ2v) is 3.08. The Balaban J connectivity index is 2.55. The number of hydrogen-bond donors (Lipinski definition) is 2. The summed E-state index contributed by atoms with van der Waals surface area (Å²) in [6.45, 7) is 3.67. The first-order valence-electron chi connectivity index (χ1n) is 4.45. The van der Waals surface area contributed by atoms with E-state index in [1.54, 1.807) is 0 Å². The van der Waals surface area contributed by atoms with Gasteiger partial charge in [-0.3, -0.25) is 0 Å². The summed E-state index contributed by atoms with van der Waals surface area (Å²) in [5.41, 5.74) is 8.20. The molecule has 0 spiro atoms. The van der Waals surface area contributed by atoms with Crippen molar-refractivity contribution in [1.29, 1.82) is 0 Å². The van der Waals surface area contributed by atoms with Crippen molar-refractivity contribution in [1.82, 2.24) is 0 Å². The van der Waals surface area contributed by atoms with Crippen molar-refractivity contribution < 1.29 is 19.7 Å². The molecule has 15 heavy (non-hydrogen) atoms. The lowest BCUT2D eigenvalue weighted by Gasteiger charge is -2.35. The average Bonchev–Trinajstić information content (AvgIpc) is 2.24. The maximum atomic E-state index is 9.54. The Kier molecular flexibility index (Phi) is 4.54. The van der Waals surface area contributed by atoms with Crippen LogP contribution in [-0.4, -0.2) is 48.0 Å². The number of ether oxygens (including phenoxy) is 2. The zero-order chi connectivity index (χ0) is 11.3. The zero-order valence-corrected chi connectivity index (χ0v) is 8.06. The molecule has 0 aliphatic carbocycles. The van der Waals surface area contributed by atoms with Crippen molar-refractivity contribution in [2.75, 3.05) is 13.2 Å². The number of hydrogen-bond acceptors (Lipinski definition) is 5. The van der Waals surface area contributed by atoms with E-state index in [1.165, 1.54) is 6.08 Å². The first kappa shape index (κ1) is 12.0. The number of azide groups is 1. The highest BCUT2D eigenvalue weighted by molar-refractivity contribution is 4.88. The standard InChI is InChI=1S/C8H13N3O4/c1-2-3-14-8-7(13)6(12)5(4-15-8)10-11-9/h2,5-8,12-13H,1,3-4H2/t5-,6-,7-,8-/m0/s1. The molecule has 0 aromatic carbocycles. The van der Waals surface area contributed by atoms with Crippen molar-refractivity contribution >= 4 is 0 Å². The van der Waals surface area contributed by atoms with Crippen LogP contribution in [0.1, 0.15) is 0 Å². The van der Waals surface area contributed by atoms with Gasteiger partial charge in [-0.1, -0.05) is 11.2 Å². The normalized spacial score (nSPS) is 35.6. The van der Waals surface area contributed by atoms with Crippen LogP contribution in [0.2, 0.25) is 0 Å². The summed E-state index contributed by atoms with van der Waals surface area (Å²) in [7, 11) is 0. The lowest BCUT2D eigenvalue weighted by atomic mass is 10.0. The summed E-state index contributed by atoms with van der Waals surface area (Å²) in [5, 5.41) is 22.4. The van der Waals surface area contributed by atoms with Crippen LogP contribution in [0.3, 0.4) is 0 Å². The molecule has 0 aromatic rings. The predicted octanol–water partition coefficient (Wildman–Crippen LogP) is -0.0540. The van der Waals surface area contributed by atoms with Crippen LogP contribution in [0.4, 0.5) is 0 Å². The van der Waals surface area contributed by atoms with Crippen molar-refractivity contribution in [3.63, 3.8) is 0 Å². The SMILES string of the molecule is C=CCO[C@H]1OC[C@H](N=[N+]=[N-])[C@H](O)[C@@H]1O. The lowest BCUT2D eigenvalue weighted by Crippen LogP contribution is -2.53. The average molecular weight is 215 g/mol. The molecule has 1 aliphatic rings. The largest absolute Gasteiger partial charge is 0.390 e. The van der Waals surface area contributed by atoms with Crippen LogP contribution < -0.4 is 0 Å². The molecule has 7 heteroatoms. The molecule has 4 atom stereocenters. The highest BCUT2D eigenvalue weighted by atomic mass is 16.7. The van der Waals surface area contributed by atoms with Crippen LogP contribution >= 0.6 is 0 Å². The maximum Gasteiger partial charge on any atom is 0.186 e. The highest BCUT2D eigenvalue weighted by Crippen LogP contribution is 2.18. The summed E-state index contributed by atoms with van der Waals surface area (Å²) in [5.74, 6) is 0. The van der Waals surface area contributed by atoms with Gasteiger partial charge in [0.1, 0.15) is 6.10 Å². The Bertz CT molecular complexity index is 267. The van der Waals surface area contributed by atoms with Gasteiger partial charge in [0.15, 0.2) is 6.29 Å². The minimum Gasteiger partial charge on any atom is -0.390 e. The van der Waals surface area contributed by atoms with Gasteiger partial charge >= 0.3 is 0 Å². The fraction of sp³-hybridized carbons (Fsp3) is 0.750. The van der Waals surface area contributed by atoms with Gasteiger partial charge < -0.3 is 19.7 Å². The van der Waals surface area contributed by atoms with Gasteiger partial charge in [-0.25, -0.2) is 0 Å². The molecule has 7 nitrogen and oxygen atoms in total. The Morgan fingerprint density at radius 2 is 2.33 bits per heavy atom. The topological polar surface area (TPSA) is 108 Å². The molecule has 0 aromatic heterocycles. The summed E-state index contributed by atoms with van der Waals surface area (Å²) in [6, 6.07) is -0.784. The van der Waals surface area contributed by atoms with E-state index in [-0.39, 0.29) is 13.2 Å². The summed E-state index contributed by atoms with van der Waals surface area (Å²) in [4.78, 5) is 2.55. The van der Waals surface area contributed by atoms with Gasteiger partial charge in [0.2, 0.25) is 0 Å². The summed E-state index contributed by atoms with van der Waals surface area (Å²) in [6.07, 6.45) is -1.82. The van der Waals surface area contributed by atoms with E-state index in [9.17, 15) is 10.2 Å². The maximum absolute atomic E-state index is 9.54. The van der Waals surface area contributed by atoms with Crippen LogP contribution in [-0.2, 0) is 9.47 Å². The molecule has 1 fully saturated rings. The molecule has 0 unspecified atom stereocenters. The molecular weight excluding hydrogens is 202 g/mol. The fourth-order valence-electron chi connectivity index (χ4n) is 1.26. The van der Waals surface area contributed by atoms with Crippen LogP contribution in [0, 0.1) is 0 Å². The van der Waals surface area contributed by atoms with E-state index in [2.05, 4.69) is 16.6 Å². The van der Waals surface area contributed by atoms with E-state index in [4.69, 9.17) is 15.0 Å². The molecule has 1 rings (SSSR count). The Labute approximate surface area is 86.5 Å². The smallest absolute Gasteiger partial charge is 0.186 e. The minimum absolute atomic E-state index is 0.0180.